The minimum atomic E-state index is -0.951. The topological polar surface area (TPSA) is 93.4 Å². The fourth-order valence-electron chi connectivity index (χ4n) is 2.03. The lowest BCUT2D eigenvalue weighted by Gasteiger charge is -2.22. The van der Waals surface area contributed by atoms with Gasteiger partial charge < -0.3 is 10.4 Å². The van der Waals surface area contributed by atoms with Crippen molar-refractivity contribution in [2.45, 2.75) is 33.2 Å². The van der Waals surface area contributed by atoms with Crippen LogP contribution in [0.3, 0.4) is 0 Å². The summed E-state index contributed by atoms with van der Waals surface area (Å²) in [6.07, 6.45) is 0.416. The molecule has 0 aromatic carbocycles. The lowest BCUT2D eigenvalue weighted by molar-refractivity contribution is -0.143. The zero-order valence-electron chi connectivity index (χ0n) is 12.6. The first-order valence-corrected chi connectivity index (χ1v) is 7.36. The van der Waals surface area contributed by atoms with Crippen molar-refractivity contribution in [1.29, 1.82) is 5.26 Å². The Kier molecular flexibility index (Phi) is 5.88. The number of hydrogen-bond donors (Lipinski definition) is 2. The molecule has 0 radical (unpaired) electrons. The molecule has 0 saturated carbocycles. The summed E-state index contributed by atoms with van der Waals surface area (Å²) in [4.78, 5) is 25.5. The number of nitrogens with zero attached hydrogens (tertiary/aromatic N) is 2. The SMILES string of the molecule is CCC(C(=O)O)N(C)CC(=O)Nc1sc(C)c(C)c1C#N. The first kappa shape index (κ1) is 17.1. The summed E-state index contributed by atoms with van der Waals surface area (Å²) in [7, 11) is 1.60. The highest BCUT2D eigenvalue weighted by Gasteiger charge is 2.23. The van der Waals surface area contributed by atoms with Crippen LogP contribution in [0.5, 0.6) is 0 Å². The van der Waals surface area contributed by atoms with Crippen molar-refractivity contribution in [3.05, 3.63) is 16.0 Å². The number of carboxylic acid groups (broad SMARTS) is 1. The van der Waals surface area contributed by atoms with Crippen LogP contribution in [0.4, 0.5) is 5.00 Å². The Morgan fingerprint density at radius 1 is 1.48 bits per heavy atom. The first-order chi connectivity index (χ1) is 9.81. The number of aliphatic carboxylic acids is 1. The molecule has 2 N–H and O–H groups in total. The number of rotatable bonds is 6. The summed E-state index contributed by atoms with van der Waals surface area (Å²) in [6.45, 7) is 5.45. The fraction of sp³-hybridized carbons (Fsp3) is 0.500. The number of carbonyl (C=O) groups is 2. The van der Waals surface area contributed by atoms with Crippen molar-refractivity contribution >= 4 is 28.2 Å². The predicted molar refractivity (Wildman–Crippen MR) is 81.5 cm³/mol. The molecule has 1 atom stereocenters. The number of amides is 1. The predicted octanol–water partition coefficient (Wildman–Crippen LogP) is 1.97. The van der Waals surface area contributed by atoms with E-state index in [1.54, 1.807) is 14.0 Å². The third-order valence-corrected chi connectivity index (χ3v) is 4.47. The number of nitriles is 1. The van der Waals surface area contributed by atoms with Gasteiger partial charge >= 0.3 is 5.97 Å². The number of carbonyl (C=O) groups excluding carboxylic acids is 1. The van der Waals surface area contributed by atoms with Crippen molar-refractivity contribution < 1.29 is 14.7 Å². The summed E-state index contributed by atoms with van der Waals surface area (Å²) in [5.41, 5.74) is 1.34. The van der Waals surface area contributed by atoms with Gasteiger partial charge in [0, 0.05) is 4.88 Å². The van der Waals surface area contributed by atoms with Gasteiger partial charge in [-0.15, -0.1) is 11.3 Å². The van der Waals surface area contributed by atoms with Crippen LogP contribution in [-0.2, 0) is 9.59 Å². The zero-order chi connectivity index (χ0) is 16.2. The average molecular weight is 309 g/mol. The number of anilines is 1. The van der Waals surface area contributed by atoms with E-state index in [4.69, 9.17) is 10.4 Å². The van der Waals surface area contributed by atoms with Gasteiger partial charge in [0.15, 0.2) is 0 Å². The van der Waals surface area contributed by atoms with Gasteiger partial charge in [0.2, 0.25) is 5.91 Å². The highest BCUT2D eigenvalue weighted by Crippen LogP contribution is 2.31. The molecule has 1 heterocycles. The van der Waals surface area contributed by atoms with Crippen LogP contribution in [0.25, 0.3) is 0 Å². The summed E-state index contributed by atoms with van der Waals surface area (Å²) in [5.74, 6) is -1.27. The van der Waals surface area contributed by atoms with Gasteiger partial charge in [-0.1, -0.05) is 6.92 Å². The summed E-state index contributed by atoms with van der Waals surface area (Å²) < 4.78 is 0. The first-order valence-electron chi connectivity index (χ1n) is 6.54. The van der Waals surface area contributed by atoms with Crippen molar-refractivity contribution in [2.24, 2.45) is 0 Å². The van der Waals surface area contributed by atoms with Gasteiger partial charge in [0.1, 0.15) is 17.1 Å². The number of carboxylic acids is 1. The Hall–Kier alpha value is -1.91. The van der Waals surface area contributed by atoms with Crippen molar-refractivity contribution in [3.8, 4) is 6.07 Å². The lowest BCUT2D eigenvalue weighted by Crippen LogP contribution is -2.42. The third-order valence-electron chi connectivity index (χ3n) is 3.35. The molecule has 1 rings (SSSR count). The molecule has 7 heteroatoms. The molecule has 0 aliphatic carbocycles. The van der Waals surface area contributed by atoms with Crippen LogP contribution in [0.15, 0.2) is 0 Å². The van der Waals surface area contributed by atoms with Crippen molar-refractivity contribution in [1.82, 2.24) is 4.90 Å². The van der Waals surface area contributed by atoms with E-state index in [0.717, 1.165) is 10.4 Å². The van der Waals surface area contributed by atoms with Gasteiger partial charge in [-0.2, -0.15) is 5.26 Å². The van der Waals surface area contributed by atoms with E-state index in [2.05, 4.69) is 11.4 Å². The van der Waals surface area contributed by atoms with Crippen LogP contribution >= 0.6 is 11.3 Å². The second-order valence-electron chi connectivity index (χ2n) is 4.82. The molecule has 1 aromatic heterocycles. The number of aryl methyl sites for hydroxylation is 1. The minimum absolute atomic E-state index is 0.0360. The molecule has 0 bridgehead atoms. The molecular formula is C14H19N3O3S. The van der Waals surface area contributed by atoms with Crippen molar-refractivity contribution in [2.75, 3.05) is 18.9 Å². The van der Waals surface area contributed by atoms with Crippen LogP contribution in [0.2, 0.25) is 0 Å². The van der Waals surface area contributed by atoms with Gasteiger partial charge in [-0.05, 0) is 32.9 Å². The Balaban J connectivity index is 2.77. The largest absolute Gasteiger partial charge is 0.480 e. The number of nitrogens with one attached hydrogen (secondary N) is 1. The number of likely N-dealkylation sites (N-methyl/N-ethyl adjacent to an activating group) is 1. The number of hydrogen-bond acceptors (Lipinski definition) is 5. The van der Waals surface area contributed by atoms with Crippen LogP contribution in [0.1, 0.15) is 29.3 Å². The third kappa shape index (κ3) is 4.03. The summed E-state index contributed by atoms with van der Waals surface area (Å²) in [5, 5.41) is 21.4. The molecule has 6 nitrogen and oxygen atoms in total. The molecule has 1 unspecified atom stereocenters. The fourth-order valence-corrected chi connectivity index (χ4v) is 3.05. The Bertz CT molecular complexity index is 589. The molecule has 0 aliphatic rings. The van der Waals surface area contributed by atoms with Crippen molar-refractivity contribution in [3.63, 3.8) is 0 Å². The smallest absolute Gasteiger partial charge is 0.320 e. The molecule has 1 aromatic rings. The maximum atomic E-state index is 12.0. The molecule has 0 spiro atoms. The van der Waals surface area contributed by atoms with E-state index >= 15 is 0 Å². The normalized spacial score (nSPS) is 12.0. The maximum Gasteiger partial charge on any atom is 0.320 e. The average Bonchev–Trinajstić information content (AvgIpc) is 2.64. The van der Waals surface area contributed by atoms with E-state index in [1.807, 2.05) is 13.8 Å². The minimum Gasteiger partial charge on any atom is -0.480 e. The van der Waals surface area contributed by atoms with E-state index in [0.29, 0.717) is 17.0 Å². The van der Waals surface area contributed by atoms with Crippen LogP contribution in [-0.4, -0.2) is 41.5 Å². The highest BCUT2D eigenvalue weighted by atomic mass is 32.1. The molecular weight excluding hydrogens is 290 g/mol. The monoisotopic (exact) mass is 309 g/mol. The standard InChI is InChI=1S/C14H19N3O3S/c1-5-11(14(19)20)17(4)7-12(18)16-13-10(6-15)8(2)9(3)21-13/h11H,5,7H2,1-4H3,(H,16,18)(H,19,20). The van der Waals surface area contributed by atoms with E-state index < -0.39 is 12.0 Å². The zero-order valence-corrected chi connectivity index (χ0v) is 13.4. The van der Waals surface area contributed by atoms with Crippen LogP contribution < -0.4 is 5.32 Å². The summed E-state index contributed by atoms with van der Waals surface area (Å²) >= 11 is 1.35. The van der Waals surface area contributed by atoms with E-state index in [1.165, 1.54) is 16.2 Å². The second kappa shape index (κ2) is 7.20. The van der Waals surface area contributed by atoms with E-state index in [9.17, 15) is 9.59 Å². The molecule has 114 valence electrons. The summed E-state index contributed by atoms with van der Waals surface area (Å²) in [6, 6.07) is 1.39. The highest BCUT2D eigenvalue weighted by molar-refractivity contribution is 7.16. The van der Waals surface area contributed by atoms with Gasteiger partial charge in [0.05, 0.1) is 12.1 Å². The molecule has 0 saturated heterocycles. The Labute approximate surface area is 128 Å². The van der Waals surface area contributed by atoms with Gasteiger partial charge in [0.25, 0.3) is 0 Å². The van der Waals surface area contributed by atoms with Gasteiger partial charge in [-0.25, -0.2) is 0 Å². The lowest BCUT2D eigenvalue weighted by atomic mass is 10.2. The molecule has 0 aliphatic heterocycles. The quantitative estimate of drug-likeness (QED) is 0.838. The number of thiophene rings is 1. The molecule has 0 fully saturated rings. The van der Waals surface area contributed by atoms with Gasteiger partial charge in [-0.3, -0.25) is 14.5 Å². The molecule has 1 amide bonds. The Morgan fingerprint density at radius 2 is 2.10 bits per heavy atom. The van der Waals surface area contributed by atoms with E-state index in [-0.39, 0.29) is 12.5 Å². The van der Waals surface area contributed by atoms with Crippen LogP contribution in [0, 0.1) is 25.2 Å². The second-order valence-corrected chi connectivity index (χ2v) is 6.05. The molecule has 21 heavy (non-hydrogen) atoms. The maximum absolute atomic E-state index is 12.0. The Morgan fingerprint density at radius 3 is 2.57 bits per heavy atom.